The summed E-state index contributed by atoms with van der Waals surface area (Å²) in [6.45, 7) is 0. The Morgan fingerprint density at radius 2 is 1.07 bits per heavy atom. The highest BCUT2D eigenvalue weighted by molar-refractivity contribution is 6.14. The summed E-state index contributed by atoms with van der Waals surface area (Å²) in [4.78, 5) is 9.49. The van der Waals surface area contributed by atoms with Crippen molar-refractivity contribution >= 4 is 44.4 Å². The molecule has 4 heterocycles. The number of aromatic nitrogens is 4. The molecule has 0 saturated carbocycles. The standard InChI is InChI=1S/C50H36N4/c1-3-11-35(12-4-1)53-45-23-19-31(43-15-7-9-25-51-43)27-39(45)41-29-33-17-18-34-30-42-40-28-32(44-16-8-10-26-52-44)20-24-46(40)54(36-13-5-2-6-14-36)50(42)38-22-21-37(49(41)53)47(33)48(34)38/h1-16,19,23,25-30H,17-18,20-22,24H2. The van der Waals surface area contributed by atoms with Crippen LogP contribution in [0.5, 0.6) is 0 Å². The minimum atomic E-state index is 0.985. The average molecular weight is 693 g/mol. The minimum absolute atomic E-state index is 0.985. The SMILES string of the molecule is C1=C(c2ccccn2)CCc2c1c1cc3c4c(c1n2-c1ccccc1)CCc1c-4c(cc2c4cc(-c5ccccn5)ccc4n(-c4ccccc4)c12)CC3. The molecule has 256 valence electrons. The van der Waals surface area contributed by atoms with Crippen molar-refractivity contribution in [3.63, 3.8) is 0 Å². The normalized spacial score (nSPS) is 14.3. The molecule has 3 aliphatic carbocycles. The Kier molecular flexibility index (Phi) is 6.38. The minimum Gasteiger partial charge on any atom is -0.313 e. The van der Waals surface area contributed by atoms with Gasteiger partial charge in [-0.2, -0.15) is 0 Å². The fourth-order valence-corrected chi connectivity index (χ4v) is 10.1. The van der Waals surface area contributed by atoms with Gasteiger partial charge >= 0.3 is 0 Å². The molecule has 12 rings (SSSR count). The molecule has 5 aromatic carbocycles. The first kappa shape index (κ1) is 30.0. The van der Waals surface area contributed by atoms with E-state index in [0.29, 0.717) is 0 Å². The molecule has 0 aliphatic heterocycles. The summed E-state index contributed by atoms with van der Waals surface area (Å²) in [6, 6.07) is 46.5. The van der Waals surface area contributed by atoms with E-state index >= 15 is 0 Å². The van der Waals surface area contributed by atoms with Crippen LogP contribution in [0.4, 0.5) is 0 Å². The first-order valence-electron chi connectivity index (χ1n) is 19.3. The number of pyridine rings is 2. The molecule has 4 aromatic heterocycles. The van der Waals surface area contributed by atoms with Gasteiger partial charge in [-0.25, -0.2) is 0 Å². The van der Waals surface area contributed by atoms with Crippen molar-refractivity contribution in [1.29, 1.82) is 0 Å². The monoisotopic (exact) mass is 692 g/mol. The summed E-state index contributed by atoms with van der Waals surface area (Å²) in [5, 5.41) is 4.04. The third kappa shape index (κ3) is 4.25. The van der Waals surface area contributed by atoms with Crippen LogP contribution in [-0.2, 0) is 32.1 Å². The first-order valence-corrected chi connectivity index (χ1v) is 19.3. The van der Waals surface area contributed by atoms with E-state index in [9.17, 15) is 0 Å². The van der Waals surface area contributed by atoms with Crippen molar-refractivity contribution < 1.29 is 0 Å². The second-order valence-corrected chi connectivity index (χ2v) is 15.1. The Morgan fingerprint density at radius 1 is 0.463 bits per heavy atom. The molecule has 0 radical (unpaired) electrons. The van der Waals surface area contributed by atoms with Crippen LogP contribution in [0, 0.1) is 0 Å². The second-order valence-electron chi connectivity index (χ2n) is 15.1. The maximum absolute atomic E-state index is 4.77. The summed E-state index contributed by atoms with van der Waals surface area (Å²) in [6.07, 6.45) is 12.3. The molecule has 4 nitrogen and oxygen atoms in total. The van der Waals surface area contributed by atoms with Crippen LogP contribution >= 0.6 is 0 Å². The number of rotatable bonds is 4. The van der Waals surface area contributed by atoms with Crippen molar-refractivity contribution in [3.05, 3.63) is 179 Å². The van der Waals surface area contributed by atoms with E-state index in [1.807, 2.05) is 24.5 Å². The maximum atomic E-state index is 4.77. The largest absolute Gasteiger partial charge is 0.313 e. The Bertz CT molecular complexity index is 3010. The van der Waals surface area contributed by atoms with Gasteiger partial charge in [-0.1, -0.05) is 54.6 Å². The molecule has 0 N–H and O–H groups in total. The molecule has 0 atom stereocenters. The number of allylic oxidation sites excluding steroid dienone is 1. The highest BCUT2D eigenvalue weighted by atomic mass is 15.0. The van der Waals surface area contributed by atoms with Crippen LogP contribution in [0.1, 0.15) is 45.6 Å². The Balaban J connectivity index is 1.16. The number of hydrogen-bond donors (Lipinski definition) is 0. The molecule has 0 fully saturated rings. The van der Waals surface area contributed by atoms with Crippen molar-refractivity contribution in [2.45, 2.75) is 38.5 Å². The Hall–Kier alpha value is -6.52. The van der Waals surface area contributed by atoms with Crippen molar-refractivity contribution in [2.75, 3.05) is 0 Å². The average Bonchev–Trinajstić information content (AvgIpc) is 3.76. The summed E-state index contributed by atoms with van der Waals surface area (Å²) < 4.78 is 5.15. The van der Waals surface area contributed by atoms with E-state index in [4.69, 9.17) is 9.97 Å². The molecule has 0 unspecified atom stereocenters. The lowest BCUT2D eigenvalue weighted by Crippen LogP contribution is -2.16. The van der Waals surface area contributed by atoms with Gasteiger partial charge in [0.15, 0.2) is 0 Å². The van der Waals surface area contributed by atoms with Crippen LogP contribution in [0.3, 0.4) is 0 Å². The van der Waals surface area contributed by atoms with Crippen LogP contribution in [0.25, 0.3) is 78.1 Å². The summed E-state index contributed by atoms with van der Waals surface area (Å²) >= 11 is 0. The van der Waals surface area contributed by atoms with Crippen LogP contribution in [0.15, 0.2) is 140 Å². The fourth-order valence-electron chi connectivity index (χ4n) is 10.1. The quantitative estimate of drug-likeness (QED) is 0.184. The van der Waals surface area contributed by atoms with E-state index in [1.165, 1.54) is 94.3 Å². The van der Waals surface area contributed by atoms with Gasteiger partial charge in [-0.15, -0.1) is 0 Å². The van der Waals surface area contributed by atoms with Gasteiger partial charge in [-0.05, 0) is 156 Å². The maximum Gasteiger partial charge on any atom is 0.0702 e. The fraction of sp³-hybridized carbons (Fsp3) is 0.120. The van der Waals surface area contributed by atoms with Gasteiger partial charge in [0, 0.05) is 56.7 Å². The number of nitrogens with zero attached hydrogens (tertiary/aromatic N) is 4. The molecular weight excluding hydrogens is 657 g/mol. The highest BCUT2D eigenvalue weighted by Crippen LogP contribution is 2.52. The van der Waals surface area contributed by atoms with Gasteiger partial charge in [0.05, 0.1) is 27.9 Å². The van der Waals surface area contributed by atoms with Gasteiger partial charge in [0.25, 0.3) is 0 Å². The van der Waals surface area contributed by atoms with Crippen LogP contribution in [0.2, 0.25) is 0 Å². The lowest BCUT2D eigenvalue weighted by molar-refractivity contribution is 0.869. The summed E-state index contributed by atoms with van der Waals surface area (Å²) in [5.74, 6) is 0. The van der Waals surface area contributed by atoms with Gasteiger partial charge in [0.2, 0.25) is 0 Å². The predicted octanol–water partition coefficient (Wildman–Crippen LogP) is 11.5. The smallest absolute Gasteiger partial charge is 0.0702 e. The molecule has 9 aromatic rings. The molecule has 0 spiro atoms. The summed E-state index contributed by atoms with van der Waals surface area (Å²) in [7, 11) is 0. The van der Waals surface area contributed by atoms with Crippen molar-refractivity contribution in [3.8, 4) is 33.8 Å². The third-order valence-electron chi connectivity index (χ3n) is 12.3. The van der Waals surface area contributed by atoms with Crippen molar-refractivity contribution in [1.82, 2.24) is 19.1 Å². The van der Waals surface area contributed by atoms with Crippen molar-refractivity contribution in [2.24, 2.45) is 0 Å². The molecule has 0 amide bonds. The number of fused-ring (bicyclic) bond motifs is 8. The lowest BCUT2D eigenvalue weighted by atomic mass is 9.73. The topological polar surface area (TPSA) is 35.6 Å². The molecular formula is C50H36N4. The number of benzene rings is 5. The Labute approximate surface area is 313 Å². The van der Waals surface area contributed by atoms with Crippen LogP contribution < -0.4 is 0 Å². The lowest BCUT2D eigenvalue weighted by Gasteiger charge is -2.31. The zero-order chi connectivity index (χ0) is 35.3. The highest BCUT2D eigenvalue weighted by Gasteiger charge is 2.34. The van der Waals surface area contributed by atoms with Gasteiger partial charge in [-0.3, -0.25) is 9.97 Å². The number of hydrogen-bond acceptors (Lipinski definition) is 2. The molecule has 0 bridgehead atoms. The second kappa shape index (κ2) is 11.5. The molecule has 3 aliphatic rings. The number of aryl methyl sites for hydroxylation is 4. The van der Waals surface area contributed by atoms with E-state index in [2.05, 4.69) is 130 Å². The van der Waals surface area contributed by atoms with Gasteiger partial charge < -0.3 is 9.13 Å². The molecule has 0 saturated heterocycles. The third-order valence-corrected chi connectivity index (χ3v) is 12.3. The van der Waals surface area contributed by atoms with E-state index in [0.717, 1.165) is 55.5 Å². The molecule has 54 heavy (non-hydrogen) atoms. The van der Waals surface area contributed by atoms with E-state index in [1.54, 1.807) is 0 Å². The predicted molar refractivity (Wildman–Crippen MR) is 222 cm³/mol. The zero-order valence-electron chi connectivity index (χ0n) is 29.9. The van der Waals surface area contributed by atoms with Gasteiger partial charge in [0.1, 0.15) is 0 Å². The first-order chi connectivity index (χ1) is 26.8. The van der Waals surface area contributed by atoms with E-state index < -0.39 is 0 Å². The zero-order valence-corrected chi connectivity index (χ0v) is 29.9. The van der Waals surface area contributed by atoms with Crippen LogP contribution in [-0.4, -0.2) is 19.1 Å². The van der Waals surface area contributed by atoms with E-state index in [-0.39, 0.29) is 0 Å². The number of para-hydroxylation sites is 2. The summed E-state index contributed by atoms with van der Waals surface area (Å²) in [5.41, 5.74) is 22.8. The molecule has 4 heteroatoms. The Morgan fingerprint density at radius 3 is 1.74 bits per heavy atom.